The molecule has 1 fully saturated rings. The van der Waals surface area contributed by atoms with Crippen molar-refractivity contribution in [1.29, 1.82) is 0 Å². The molecule has 1 aliphatic heterocycles. The van der Waals surface area contributed by atoms with Gasteiger partial charge in [0.25, 0.3) is 5.91 Å². The first-order valence-electron chi connectivity index (χ1n) is 6.68. The summed E-state index contributed by atoms with van der Waals surface area (Å²) in [6.45, 7) is 3.26. The second-order valence-corrected chi connectivity index (χ2v) is 7.43. The average molecular weight is 390 g/mol. The van der Waals surface area contributed by atoms with E-state index in [1.165, 1.54) is 4.90 Å². The van der Waals surface area contributed by atoms with Crippen molar-refractivity contribution in [2.75, 3.05) is 6.54 Å². The molecule has 0 aromatic heterocycles. The number of ether oxygens (including phenoxy) is 1. The second-order valence-electron chi connectivity index (χ2n) is 4.94. The van der Waals surface area contributed by atoms with Crippen LogP contribution in [-0.4, -0.2) is 33.7 Å². The van der Waals surface area contributed by atoms with Crippen molar-refractivity contribution in [1.82, 2.24) is 4.90 Å². The summed E-state index contributed by atoms with van der Waals surface area (Å²) in [5.41, 5.74) is 0.543. The number of carbonyl (C=O) groups is 2. The highest BCUT2D eigenvalue weighted by molar-refractivity contribution is 8.26. The summed E-state index contributed by atoms with van der Waals surface area (Å²) in [6.07, 6.45) is 1.33. The third kappa shape index (κ3) is 4.47. The lowest BCUT2D eigenvalue weighted by molar-refractivity contribution is -0.149. The van der Waals surface area contributed by atoms with E-state index in [0.717, 1.165) is 11.8 Å². The van der Waals surface area contributed by atoms with Gasteiger partial charge >= 0.3 is 5.97 Å². The molecular weight excluding hydrogens is 377 g/mol. The number of amides is 1. The Labute approximate surface area is 153 Å². The molecule has 0 bridgehead atoms. The summed E-state index contributed by atoms with van der Waals surface area (Å²) < 4.78 is 5.33. The van der Waals surface area contributed by atoms with Crippen molar-refractivity contribution in [2.45, 2.75) is 20.0 Å². The monoisotopic (exact) mass is 389 g/mol. The normalized spacial score (nSPS) is 16.6. The van der Waals surface area contributed by atoms with Crippen LogP contribution in [0.15, 0.2) is 23.1 Å². The molecule has 0 atom stereocenters. The van der Waals surface area contributed by atoms with Gasteiger partial charge in [0.2, 0.25) is 0 Å². The molecule has 1 saturated heterocycles. The number of hydrogen-bond acceptors (Lipinski definition) is 5. The van der Waals surface area contributed by atoms with Crippen molar-refractivity contribution >= 4 is 69.5 Å². The van der Waals surface area contributed by atoms with Crippen LogP contribution in [-0.2, 0) is 14.3 Å². The SMILES string of the molecule is CC(C)OC(=O)CN1C(=O)/C(=C/c2c(Cl)cccc2Cl)SC1=S. The topological polar surface area (TPSA) is 46.6 Å². The third-order valence-corrected chi connectivity index (χ3v) is 4.84. The van der Waals surface area contributed by atoms with Gasteiger partial charge in [0.05, 0.1) is 11.0 Å². The Morgan fingerprint density at radius 3 is 2.57 bits per heavy atom. The molecule has 1 aromatic carbocycles. The van der Waals surface area contributed by atoms with E-state index in [4.69, 9.17) is 40.2 Å². The number of nitrogens with zero attached hydrogens (tertiary/aromatic N) is 1. The maximum Gasteiger partial charge on any atom is 0.326 e. The standard InChI is InChI=1S/C15H13Cl2NO3S2/c1-8(2)21-13(19)7-18-14(20)12(23-15(18)22)6-9-10(16)4-3-5-11(9)17/h3-6,8H,7H2,1-2H3/b12-6-. The van der Waals surface area contributed by atoms with Gasteiger partial charge in [-0.05, 0) is 32.1 Å². The smallest absolute Gasteiger partial charge is 0.326 e. The van der Waals surface area contributed by atoms with E-state index in [-0.39, 0.29) is 18.6 Å². The molecule has 0 saturated carbocycles. The van der Waals surface area contributed by atoms with Crippen molar-refractivity contribution in [3.8, 4) is 0 Å². The van der Waals surface area contributed by atoms with E-state index >= 15 is 0 Å². The van der Waals surface area contributed by atoms with E-state index in [9.17, 15) is 9.59 Å². The molecule has 1 heterocycles. The largest absolute Gasteiger partial charge is 0.462 e. The number of thioether (sulfide) groups is 1. The average Bonchev–Trinajstić information content (AvgIpc) is 2.70. The molecule has 0 N–H and O–H groups in total. The highest BCUT2D eigenvalue weighted by atomic mass is 35.5. The van der Waals surface area contributed by atoms with Gasteiger partial charge in [-0.15, -0.1) is 0 Å². The Bertz CT molecular complexity index is 684. The lowest BCUT2D eigenvalue weighted by atomic mass is 10.2. The molecule has 0 radical (unpaired) electrons. The fourth-order valence-electron chi connectivity index (χ4n) is 1.85. The number of esters is 1. The summed E-state index contributed by atoms with van der Waals surface area (Å²) in [5, 5.41) is 0.865. The number of carbonyl (C=O) groups excluding carboxylic acids is 2. The van der Waals surface area contributed by atoms with Crippen LogP contribution in [0.1, 0.15) is 19.4 Å². The molecule has 122 valence electrons. The Kier molecular flexibility index (Phi) is 6.08. The summed E-state index contributed by atoms with van der Waals surface area (Å²) >= 11 is 18.5. The number of rotatable bonds is 4. The molecule has 1 aliphatic rings. The quantitative estimate of drug-likeness (QED) is 0.439. The zero-order valence-corrected chi connectivity index (χ0v) is 15.5. The summed E-state index contributed by atoms with van der Waals surface area (Å²) in [5.74, 6) is -0.870. The van der Waals surface area contributed by atoms with Gasteiger partial charge in [-0.3, -0.25) is 14.5 Å². The number of benzene rings is 1. The molecule has 4 nitrogen and oxygen atoms in total. The van der Waals surface area contributed by atoms with Crippen LogP contribution >= 0.6 is 47.2 Å². The molecular formula is C15H13Cl2NO3S2. The maximum atomic E-state index is 12.4. The minimum atomic E-state index is -0.506. The zero-order valence-electron chi connectivity index (χ0n) is 12.3. The molecule has 8 heteroatoms. The van der Waals surface area contributed by atoms with Gasteiger partial charge in [0.1, 0.15) is 10.9 Å². The molecule has 0 unspecified atom stereocenters. The van der Waals surface area contributed by atoms with Crippen molar-refractivity contribution in [2.24, 2.45) is 0 Å². The van der Waals surface area contributed by atoms with Gasteiger partial charge in [-0.1, -0.05) is 53.2 Å². The first kappa shape index (κ1) is 18.3. The Morgan fingerprint density at radius 1 is 1.39 bits per heavy atom. The minimum absolute atomic E-state index is 0.212. The van der Waals surface area contributed by atoms with Crippen molar-refractivity contribution < 1.29 is 14.3 Å². The van der Waals surface area contributed by atoms with Gasteiger partial charge in [-0.2, -0.15) is 0 Å². The van der Waals surface area contributed by atoms with Gasteiger partial charge < -0.3 is 4.74 Å². The van der Waals surface area contributed by atoms with E-state index in [1.54, 1.807) is 38.1 Å². The number of hydrogen-bond donors (Lipinski definition) is 0. The van der Waals surface area contributed by atoms with E-state index < -0.39 is 5.97 Å². The van der Waals surface area contributed by atoms with Gasteiger partial charge in [0.15, 0.2) is 0 Å². The Morgan fingerprint density at radius 2 is 2.00 bits per heavy atom. The van der Waals surface area contributed by atoms with E-state index in [1.807, 2.05) is 0 Å². The summed E-state index contributed by atoms with van der Waals surface area (Å²) in [6, 6.07) is 5.08. The second kappa shape index (κ2) is 7.66. The van der Waals surface area contributed by atoms with E-state index in [2.05, 4.69) is 0 Å². The van der Waals surface area contributed by atoms with Crippen molar-refractivity contribution in [3.63, 3.8) is 0 Å². The Balaban J connectivity index is 2.21. The summed E-state index contributed by atoms with van der Waals surface area (Å²) in [7, 11) is 0. The Hall–Kier alpha value is -1.08. The summed E-state index contributed by atoms with van der Waals surface area (Å²) in [4.78, 5) is 25.7. The van der Waals surface area contributed by atoms with Crippen molar-refractivity contribution in [3.05, 3.63) is 38.7 Å². The predicted molar refractivity (Wildman–Crippen MR) is 97.6 cm³/mol. The lowest BCUT2D eigenvalue weighted by Gasteiger charge is -2.14. The highest BCUT2D eigenvalue weighted by Crippen LogP contribution is 2.35. The fraction of sp³-hybridized carbons (Fsp3) is 0.267. The molecule has 0 spiro atoms. The van der Waals surface area contributed by atoms with Crippen LogP contribution in [0.2, 0.25) is 10.0 Å². The van der Waals surface area contributed by atoms with Crippen LogP contribution in [0.5, 0.6) is 0 Å². The minimum Gasteiger partial charge on any atom is -0.462 e. The van der Waals surface area contributed by atoms with Gasteiger partial charge in [0, 0.05) is 15.6 Å². The van der Waals surface area contributed by atoms with E-state index in [0.29, 0.717) is 24.8 Å². The number of thiocarbonyl (C=S) groups is 1. The molecule has 0 aliphatic carbocycles. The molecule has 2 rings (SSSR count). The molecule has 1 amide bonds. The molecule has 23 heavy (non-hydrogen) atoms. The lowest BCUT2D eigenvalue weighted by Crippen LogP contribution is -2.35. The maximum absolute atomic E-state index is 12.4. The predicted octanol–water partition coefficient (Wildman–Crippen LogP) is 4.15. The third-order valence-electron chi connectivity index (χ3n) is 2.80. The number of halogens is 2. The van der Waals surface area contributed by atoms with Crippen LogP contribution in [0.3, 0.4) is 0 Å². The fourth-order valence-corrected chi connectivity index (χ4v) is 3.59. The highest BCUT2D eigenvalue weighted by Gasteiger charge is 2.34. The first-order valence-corrected chi connectivity index (χ1v) is 8.66. The first-order chi connectivity index (χ1) is 10.8. The van der Waals surface area contributed by atoms with Crippen LogP contribution < -0.4 is 0 Å². The van der Waals surface area contributed by atoms with Crippen LogP contribution in [0.25, 0.3) is 6.08 Å². The van der Waals surface area contributed by atoms with Crippen LogP contribution in [0.4, 0.5) is 0 Å². The molecule has 1 aromatic rings. The van der Waals surface area contributed by atoms with Crippen LogP contribution in [0, 0.1) is 0 Å². The van der Waals surface area contributed by atoms with Gasteiger partial charge in [-0.25, -0.2) is 0 Å². The zero-order chi connectivity index (χ0) is 17.1.